The van der Waals surface area contributed by atoms with Gasteiger partial charge in [-0.25, -0.2) is 0 Å². The Balaban J connectivity index is 1.19. The molecule has 2 unspecified atom stereocenters. The third-order valence-corrected chi connectivity index (χ3v) is 9.53. The number of para-hydroxylation sites is 1. The maximum absolute atomic E-state index is 5.20. The average Bonchev–Trinajstić information content (AvgIpc) is 3.54. The number of amidine groups is 1. The van der Waals surface area contributed by atoms with Crippen molar-refractivity contribution < 1.29 is 0 Å². The van der Waals surface area contributed by atoms with Crippen LogP contribution in [0.3, 0.4) is 0 Å². The number of anilines is 1. The van der Waals surface area contributed by atoms with Crippen molar-refractivity contribution in [3.8, 4) is 33.4 Å². The lowest BCUT2D eigenvalue weighted by atomic mass is 9.85. The normalized spacial score (nSPS) is 16.9. The van der Waals surface area contributed by atoms with Crippen molar-refractivity contribution in [3.05, 3.63) is 188 Å². The van der Waals surface area contributed by atoms with E-state index in [2.05, 4.69) is 187 Å². The summed E-state index contributed by atoms with van der Waals surface area (Å²) in [7, 11) is 0. The fourth-order valence-corrected chi connectivity index (χ4v) is 7.38. The fourth-order valence-electron chi connectivity index (χ4n) is 7.38. The molecule has 0 bridgehead atoms. The maximum atomic E-state index is 5.20. The molecule has 0 radical (unpaired) electrons. The van der Waals surface area contributed by atoms with Crippen molar-refractivity contribution in [2.24, 2.45) is 4.99 Å². The molecule has 1 aliphatic heterocycles. The molecule has 0 amide bonds. The number of benzene rings is 7. The van der Waals surface area contributed by atoms with Gasteiger partial charge in [-0.1, -0.05) is 164 Å². The van der Waals surface area contributed by atoms with Gasteiger partial charge in [0, 0.05) is 11.3 Å². The Morgan fingerprint density at radius 1 is 0.404 bits per heavy atom. The molecule has 0 saturated carbocycles. The summed E-state index contributed by atoms with van der Waals surface area (Å²) in [4.78, 5) is 7.57. The summed E-state index contributed by atoms with van der Waals surface area (Å²) >= 11 is 0. The van der Waals surface area contributed by atoms with Gasteiger partial charge in [0.1, 0.15) is 5.84 Å². The smallest absolute Gasteiger partial charge is 0.136 e. The topological polar surface area (TPSA) is 15.6 Å². The SMILES string of the molecule is C1=CC2N=C(c3ccc(-c4ccc5c(-c6ccccc6)c6ccccc6c(-c6ccccc6)c5c4)cc3)N(c3ccccc3)C2C=C1. The van der Waals surface area contributed by atoms with E-state index in [-0.39, 0.29) is 12.1 Å². The van der Waals surface area contributed by atoms with E-state index < -0.39 is 0 Å². The summed E-state index contributed by atoms with van der Waals surface area (Å²) in [6.07, 6.45) is 8.70. The molecule has 9 rings (SSSR count). The second-order valence-corrected chi connectivity index (χ2v) is 12.3. The first-order chi connectivity index (χ1) is 23.3. The second-order valence-electron chi connectivity index (χ2n) is 12.3. The van der Waals surface area contributed by atoms with Gasteiger partial charge in [0.25, 0.3) is 0 Å². The van der Waals surface area contributed by atoms with Crippen LogP contribution in [-0.2, 0) is 0 Å². The first-order valence-electron chi connectivity index (χ1n) is 16.3. The fraction of sp³-hybridized carbons (Fsp3) is 0.0444. The van der Waals surface area contributed by atoms with Crippen molar-refractivity contribution in [3.63, 3.8) is 0 Å². The second kappa shape index (κ2) is 11.4. The van der Waals surface area contributed by atoms with E-state index in [1.165, 1.54) is 54.9 Å². The molecule has 2 heteroatoms. The van der Waals surface area contributed by atoms with Crippen molar-refractivity contribution in [2.75, 3.05) is 4.90 Å². The van der Waals surface area contributed by atoms with E-state index in [1.54, 1.807) is 0 Å². The molecule has 0 fully saturated rings. The molecule has 0 spiro atoms. The van der Waals surface area contributed by atoms with Crippen LogP contribution in [0.15, 0.2) is 187 Å². The molecule has 1 aliphatic carbocycles. The number of rotatable bonds is 5. The van der Waals surface area contributed by atoms with Crippen molar-refractivity contribution in [1.29, 1.82) is 0 Å². The van der Waals surface area contributed by atoms with Crippen molar-refractivity contribution >= 4 is 33.1 Å². The molecular weight excluding hydrogens is 569 g/mol. The van der Waals surface area contributed by atoms with E-state index >= 15 is 0 Å². The minimum Gasteiger partial charge on any atom is -0.317 e. The van der Waals surface area contributed by atoms with Crippen molar-refractivity contribution in [2.45, 2.75) is 12.1 Å². The third-order valence-electron chi connectivity index (χ3n) is 9.53. The van der Waals surface area contributed by atoms with Crippen LogP contribution in [0.1, 0.15) is 5.56 Å². The zero-order valence-corrected chi connectivity index (χ0v) is 25.9. The number of fused-ring (bicyclic) bond motifs is 3. The Bertz CT molecular complexity index is 2330. The zero-order valence-electron chi connectivity index (χ0n) is 25.9. The third kappa shape index (κ3) is 4.69. The molecule has 2 aliphatic rings. The monoisotopic (exact) mass is 600 g/mol. The van der Waals surface area contributed by atoms with E-state index in [0.717, 1.165) is 17.1 Å². The van der Waals surface area contributed by atoms with E-state index in [1.807, 2.05) is 0 Å². The lowest BCUT2D eigenvalue weighted by Gasteiger charge is -2.29. The highest BCUT2D eigenvalue weighted by Crippen LogP contribution is 2.44. The predicted molar refractivity (Wildman–Crippen MR) is 199 cm³/mol. The predicted octanol–water partition coefficient (Wildman–Crippen LogP) is 11.1. The van der Waals surface area contributed by atoms with Crippen LogP contribution >= 0.6 is 0 Å². The minimum absolute atomic E-state index is 0.111. The van der Waals surface area contributed by atoms with Crippen LogP contribution in [0.5, 0.6) is 0 Å². The quantitative estimate of drug-likeness (QED) is 0.179. The van der Waals surface area contributed by atoms with Crippen LogP contribution in [0, 0.1) is 0 Å². The van der Waals surface area contributed by atoms with Gasteiger partial charge < -0.3 is 4.90 Å². The van der Waals surface area contributed by atoms with Gasteiger partial charge in [0.2, 0.25) is 0 Å². The van der Waals surface area contributed by atoms with E-state index in [9.17, 15) is 0 Å². The summed E-state index contributed by atoms with van der Waals surface area (Å²) in [5.74, 6) is 1.01. The Labute approximate surface area is 275 Å². The molecule has 0 aromatic heterocycles. The molecule has 0 saturated heterocycles. The Morgan fingerprint density at radius 2 is 0.915 bits per heavy atom. The van der Waals surface area contributed by atoms with Crippen LogP contribution < -0.4 is 4.90 Å². The molecule has 47 heavy (non-hydrogen) atoms. The first-order valence-corrected chi connectivity index (χ1v) is 16.3. The highest BCUT2D eigenvalue weighted by atomic mass is 15.3. The standard InChI is InChI=1S/C45H32N2/c1-4-14-32(15-5-1)43-37-20-10-11-21-38(37)44(33-16-6-2-7-17-33)40-30-35(28-29-39(40)43)31-24-26-34(27-25-31)45-46-41-22-12-13-23-42(41)47(45)36-18-8-3-9-19-36/h1-30,41-42H. The lowest BCUT2D eigenvalue weighted by molar-refractivity contribution is 0.739. The molecule has 2 nitrogen and oxygen atoms in total. The van der Waals surface area contributed by atoms with Crippen molar-refractivity contribution in [1.82, 2.24) is 0 Å². The number of hydrogen-bond acceptors (Lipinski definition) is 2. The summed E-state index contributed by atoms with van der Waals surface area (Å²) in [6, 6.07) is 57.3. The maximum Gasteiger partial charge on any atom is 0.136 e. The van der Waals surface area contributed by atoms with Crippen LogP contribution in [-0.4, -0.2) is 17.9 Å². The summed E-state index contributed by atoms with van der Waals surface area (Å²) < 4.78 is 0. The molecule has 222 valence electrons. The molecule has 7 aromatic carbocycles. The molecule has 0 N–H and O–H groups in total. The highest BCUT2D eigenvalue weighted by Gasteiger charge is 2.35. The molecule has 1 heterocycles. The molecule has 2 atom stereocenters. The Hall–Kier alpha value is -5.99. The van der Waals surface area contributed by atoms with Gasteiger partial charge >= 0.3 is 0 Å². The van der Waals surface area contributed by atoms with E-state index in [4.69, 9.17) is 4.99 Å². The Kier molecular flexibility index (Phi) is 6.64. The van der Waals surface area contributed by atoms with Gasteiger partial charge in [-0.3, -0.25) is 4.99 Å². The Morgan fingerprint density at radius 3 is 1.57 bits per heavy atom. The number of aliphatic imine (C=N–C) groups is 1. The minimum atomic E-state index is 0.111. The summed E-state index contributed by atoms with van der Waals surface area (Å²) in [5.41, 5.74) is 9.68. The summed E-state index contributed by atoms with van der Waals surface area (Å²) in [5, 5.41) is 5.06. The number of nitrogens with zero attached hydrogens (tertiary/aromatic N) is 2. The summed E-state index contributed by atoms with van der Waals surface area (Å²) in [6.45, 7) is 0. The van der Waals surface area contributed by atoms with Gasteiger partial charge in [0.15, 0.2) is 0 Å². The van der Waals surface area contributed by atoms with Gasteiger partial charge in [-0.05, 0) is 73.1 Å². The lowest BCUT2D eigenvalue weighted by Crippen LogP contribution is -2.39. The molecule has 7 aromatic rings. The van der Waals surface area contributed by atoms with E-state index in [0.29, 0.717) is 0 Å². The van der Waals surface area contributed by atoms with Gasteiger partial charge in [0.05, 0.1) is 12.1 Å². The van der Waals surface area contributed by atoms with Crippen LogP contribution in [0.4, 0.5) is 5.69 Å². The number of allylic oxidation sites excluding steroid dienone is 2. The number of hydrogen-bond donors (Lipinski definition) is 0. The van der Waals surface area contributed by atoms with Gasteiger partial charge in [-0.2, -0.15) is 0 Å². The zero-order chi connectivity index (χ0) is 31.2. The first kappa shape index (κ1) is 27.3. The van der Waals surface area contributed by atoms with Crippen LogP contribution in [0.2, 0.25) is 0 Å². The van der Waals surface area contributed by atoms with Gasteiger partial charge in [-0.15, -0.1) is 0 Å². The molecular formula is C45H32N2. The largest absolute Gasteiger partial charge is 0.317 e. The average molecular weight is 601 g/mol. The van der Waals surface area contributed by atoms with Crippen LogP contribution in [0.25, 0.3) is 54.9 Å². The highest BCUT2D eigenvalue weighted by molar-refractivity contribution is 6.22.